The van der Waals surface area contributed by atoms with Gasteiger partial charge in [0.1, 0.15) is 17.8 Å². The van der Waals surface area contributed by atoms with E-state index in [0.29, 0.717) is 19.4 Å². The monoisotopic (exact) mass is 475 g/mol. The Labute approximate surface area is 206 Å². The van der Waals surface area contributed by atoms with E-state index < -0.39 is 0 Å². The number of rotatable bonds is 10. The summed E-state index contributed by atoms with van der Waals surface area (Å²) in [5.41, 5.74) is 8.99. The van der Waals surface area contributed by atoms with Crippen LogP contribution in [0.25, 0.3) is 0 Å². The molecule has 3 N–H and O–H groups in total. The summed E-state index contributed by atoms with van der Waals surface area (Å²) in [6.07, 6.45) is 9.97. The second kappa shape index (κ2) is 10.8. The maximum Gasteiger partial charge on any atom is 0.220 e. The highest BCUT2D eigenvalue weighted by Crippen LogP contribution is 2.34. The topological polar surface area (TPSA) is 94.1 Å². The minimum absolute atomic E-state index is 0.00543. The lowest BCUT2D eigenvalue weighted by molar-refractivity contribution is -0.121. The van der Waals surface area contributed by atoms with Gasteiger partial charge in [0.05, 0.1) is 30.9 Å². The number of unbranched alkanes of at least 4 members (excludes halogenated alkanes) is 1. The van der Waals surface area contributed by atoms with E-state index in [-0.39, 0.29) is 24.2 Å². The molecule has 9 heteroatoms. The maximum absolute atomic E-state index is 12.3. The van der Waals surface area contributed by atoms with Crippen molar-refractivity contribution in [2.45, 2.75) is 63.8 Å². The summed E-state index contributed by atoms with van der Waals surface area (Å²) in [4.78, 5) is 18.7. The summed E-state index contributed by atoms with van der Waals surface area (Å²) in [5.74, 6) is 1.80. The highest BCUT2D eigenvalue weighted by molar-refractivity contribution is 5.89. The summed E-state index contributed by atoms with van der Waals surface area (Å²) in [6.45, 7) is 3.36. The summed E-state index contributed by atoms with van der Waals surface area (Å²) < 4.78 is 5.80. The second-order valence-corrected chi connectivity index (χ2v) is 9.07. The van der Waals surface area contributed by atoms with Crippen LogP contribution in [0.5, 0.6) is 5.75 Å². The third-order valence-corrected chi connectivity index (χ3v) is 6.63. The number of nitrogens with zero attached hydrogens (tertiary/aromatic N) is 4. The molecule has 3 aliphatic heterocycles. The lowest BCUT2D eigenvalue weighted by Crippen LogP contribution is -2.54. The smallest absolute Gasteiger partial charge is 0.220 e. The molecule has 1 amide bonds. The molecular formula is C26H33N7O2. The largest absolute Gasteiger partial charge is 0.494 e. The Balaban J connectivity index is 1.11. The number of aromatic nitrogens is 1. The number of carbonyl (C=O) groups excluding carboxylic acids is 1. The molecule has 3 aliphatic rings. The van der Waals surface area contributed by atoms with E-state index in [0.717, 1.165) is 43.1 Å². The normalized spacial score (nSPS) is 22.3. The SMILES string of the molecule is CCCCOc1ccc(C2CC3C4NN=C(CCC(=O)NCc5ccccn5)N4C=CN3N2)cc1. The van der Waals surface area contributed by atoms with Gasteiger partial charge in [-0.1, -0.05) is 31.5 Å². The molecule has 9 nitrogen and oxygen atoms in total. The fraction of sp³-hybridized carbons (Fsp3) is 0.423. The first-order chi connectivity index (χ1) is 17.2. The second-order valence-electron chi connectivity index (χ2n) is 9.07. The van der Waals surface area contributed by atoms with Gasteiger partial charge in [0.15, 0.2) is 0 Å². The number of pyridine rings is 1. The summed E-state index contributed by atoms with van der Waals surface area (Å²) >= 11 is 0. The van der Waals surface area contributed by atoms with Crippen LogP contribution >= 0.6 is 0 Å². The average Bonchev–Trinajstić information content (AvgIpc) is 3.51. The van der Waals surface area contributed by atoms with Crippen molar-refractivity contribution in [1.29, 1.82) is 0 Å². The van der Waals surface area contributed by atoms with E-state index in [1.165, 1.54) is 5.56 Å². The number of hydrazine groups is 1. The zero-order chi connectivity index (χ0) is 24.0. The van der Waals surface area contributed by atoms with Crippen LogP contribution in [0.1, 0.15) is 56.3 Å². The Morgan fingerprint density at radius 1 is 1.20 bits per heavy atom. The highest BCUT2D eigenvalue weighted by Gasteiger charge is 2.44. The Hall–Kier alpha value is -3.59. The van der Waals surface area contributed by atoms with Gasteiger partial charge in [0.2, 0.25) is 5.91 Å². The standard InChI is InChI=1S/C26H33N7O2/c1-2-3-16-35-21-9-7-19(8-10-21)22-17-23-26-30-29-24(32(26)14-15-33(23)31-22)11-12-25(34)28-18-20-6-4-5-13-27-20/h4-10,13-15,22-23,26,30-31H,2-3,11-12,16-18H2,1H3,(H,28,34). The van der Waals surface area contributed by atoms with Crippen LogP contribution in [0.4, 0.5) is 0 Å². The van der Waals surface area contributed by atoms with Crippen molar-refractivity contribution in [1.82, 2.24) is 31.1 Å². The van der Waals surface area contributed by atoms with Gasteiger partial charge in [-0.05, 0) is 42.7 Å². The van der Waals surface area contributed by atoms with Crippen molar-refractivity contribution >= 4 is 11.7 Å². The molecule has 3 unspecified atom stereocenters. The fourth-order valence-electron chi connectivity index (χ4n) is 4.66. The lowest BCUT2D eigenvalue weighted by Gasteiger charge is -2.37. The van der Waals surface area contributed by atoms with Gasteiger partial charge in [-0.2, -0.15) is 5.10 Å². The molecule has 0 bridgehead atoms. The van der Waals surface area contributed by atoms with Crippen LogP contribution in [0.3, 0.4) is 0 Å². The third-order valence-electron chi connectivity index (χ3n) is 6.63. The molecule has 1 saturated heterocycles. The molecule has 1 fully saturated rings. The number of hydrogen-bond donors (Lipinski definition) is 3. The number of hydrogen-bond acceptors (Lipinski definition) is 8. The molecule has 5 rings (SSSR count). The number of amidine groups is 1. The number of nitrogens with one attached hydrogen (secondary N) is 3. The van der Waals surface area contributed by atoms with Crippen molar-refractivity contribution in [3.05, 3.63) is 72.3 Å². The first-order valence-corrected chi connectivity index (χ1v) is 12.4. The van der Waals surface area contributed by atoms with E-state index in [1.54, 1.807) is 6.20 Å². The van der Waals surface area contributed by atoms with Crippen molar-refractivity contribution in [2.75, 3.05) is 6.61 Å². The number of hydrazone groups is 1. The molecule has 4 heterocycles. The molecule has 184 valence electrons. The van der Waals surface area contributed by atoms with Gasteiger partial charge in [0.25, 0.3) is 0 Å². The van der Waals surface area contributed by atoms with Crippen molar-refractivity contribution in [3.8, 4) is 5.75 Å². The maximum atomic E-state index is 12.3. The molecular weight excluding hydrogens is 442 g/mol. The van der Waals surface area contributed by atoms with Crippen LogP contribution in [0, 0.1) is 0 Å². The van der Waals surface area contributed by atoms with Crippen molar-refractivity contribution in [2.24, 2.45) is 5.10 Å². The van der Waals surface area contributed by atoms with Gasteiger partial charge < -0.3 is 20.0 Å². The number of amides is 1. The van der Waals surface area contributed by atoms with Crippen LogP contribution in [0.2, 0.25) is 0 Å². The molecule has 2 aromatic rings. The molecule has 1 aromatic carbocycles. The van der Waals surface area contributed by atoms with Gasteiger partial charge >= 0.3 is 0 Å². The summed E-state index contributed by atoms with van der Waals surface area (Å²) in [7, 11) is 0. The average molecular weight is 476 g/mol. The number of ether oxygens (including phenoxy) is 1. The predicted molar refractivity (Wildman–Crippen MR) is 134 cm³/mol. The van der Waals surface area contributed by atoms with E-state index in [2.05, 4.69) is 73.6 Å². The lowest BCUT2D eigenvalue weighted by atomic mass is 9.99. The zero-order valence-electron chi connectivity index (χ0n) is 20.1. The van der Waals surface area contributed by atoms with Gasteiger partial charge in [0, 0.05) is 31.4 Å². The van der Waals surface area contributed by atoms with Crippen LogP contribution in [0.15, 0.2) is 66.2 Å². The van der Waals surface area contributed by atoms with Crippen molar-refractivity contribution < 1.29 is 9.53 Å². The molecule has 35 heavy (non-hydrogen) atoms. The number of fused-ring (bicyclic) bond motifs is 3. The summed E-state index contributed by atoms with van der Waals surface area (Å²) in [5, 5.41) is 9.66. The Kier molecular flexibility index (Phi) is 7.13. The minimum Gasteiger partial charge on any atom is -0.494 e. The Morgan fingerprint density at radius 3 is 2.89 bits per heavy atom. The van der Waals surface area contributed by atoms with E-state index >= 15 is 0 Å². The van der Waals surface area contributed by atoms with Gasteiger partial charge in [-0.15, -0.1) is 0 Å². The predicted octanol–water partition coefficient (Wildman–Crippen LogP) is 3.01. The third kappa shape index (κ3) is 5.40. The molecule has 0 aliphatic carbocycles. The number of carbonyl (C=O) groups is 1. The van der Waals surface area contributed by atoms with E-state index in [9.17, 15) is 4.79 Å². The van der Waals surface area contributed by atoms with Gasteiger partial charge in [-0.3, -0.25) is 15.2 Å². The molecule has 3 atom stereocenters. The van der Waals surface area contributed by atoms with Crippen molar-refractivity contribution in [3.63, 3.8) is 0 Å². The molecule has 0 radical (unpaired) electrons. The minimum atomic E-state index is -0.00543. The van der Waals surface area contributed by atoms with Gasteiger partial charge in [-0.25, -0.2) is 5.43 Å². The number of benzene rings is 1. The Bertz CT molecular complexity index is 1060. The van der Waals surface area contributed by atoms with E-state index in [4.69, 9.17) is 4.74 Å². The molecule has 1 aromatic heterocycles. The van der Waals surface area contributed by atoms with Crippen LogP contribution in [-0.4, -0.2) is 45.5 Å². The molecule has 0 saturated carbocycles. The van der Waals surface area contributed by atoms with Crippen LogP contribution < -0.4 is 20.9 Å². The molecule has 0 spiro atoms. The van der Waals surface area contributed by atoms with Crippen LogP contribution in [-0.2, 0) is 11.3 Å². The fourth-order valence-corrected chi connectivity index (χ4v) is 4.66. The van der Waals surface area contributed by atoms with E-state index in [1.807, 2.05) is 24.4 Å². The first kappa shape index (κ1) is 23.2. The quantitative estimate of drug-likeness (QED) is 0.455. The highest BCUT2D eigenvalue weighted by atomic mass is 16.5. The Morgan fingerprint density at radius 2 is 2.09 bits per heavy atom. The zero-order valence-corrected chi connectivity index (χ0v) is 20.1. The summed E-state index contributed by atoms with van der Waals surface area (Å²) in [6, 6.07) is 14.5. The first-order valence-electron chi connectivity index (χ1n) is 12.4.